The van der Waals surface area contributed by atoms with Crippen molar-refractivity contribution in [1.29, 1.82) is 84.2 Å². The molecular formula is C100H35F7N32O4. The van der Waals surface area contributed by atoms with Crippen LogP contribution in [0.3, 0.4) is 0 Å². The number of nitriles is 16. The number of halogens is 7. The van der Waals surface area contributed by atoms with Crippen molar-refractivity contribution in [1.82, 2.24) is 0 Å². The van der Waals surface area contributed by atoms with Gasteiger partial charge in [0.25, 0.3) is 0 Å². The molecule has 8 rings (SSSR count). The quantitative estimate of drug-likeness (QED) is 0.0577. The summed E-state index contributed by atoms with van der Waals surface area (Å²) in [6.07, 6.45) is 0. The molecular weight excluding hydrogens is 1850 g/mol. The number of rotatable bonds is 3. The predicted octanol–water partition coefficient (Wildman–Crippen LogP) is 7.90. The third kappa shape index (κ3) is 32.5. The van der Waals surface area contributed by atoms with E-state index in [1.807, 2.05) is 24.3 Å². The Morgan fingerprint density at radius 3 is 0.944 bits per heavy atom. The molecule has 0 aliphatic rings. The van der Waals surface area contributed by atoms with Gasteiger partial charge < -0.3 is 15.3 Å². The molecule has 0 aromatic heterocycles. The highest BCUT2D eigenvalue weighted by atomic mass is 19.2. The molecule has 0 atom stereocenters. The van der Waals surface area contributed by atoms with E-state index in [2.05, 4.69) is 84.1 Å². The van der Waals surface area contributed by atoms with Gasteiger partial charge in [0.05, 0.1) is 37.9 Å². The van der Waals surface area contributed by atoms with Gasteiger partial charge in [0.2, 0.25) is 5.57 Å². The molecule has 0 unspecified atom stereocenters. The second-order valence-corrected chi connectivity index (χ2v) is 23.9. The van der Waals surface area contributed by atoms with E-state index in [9.17, 15) is 30.7 Å². The van der Waals surface area contributed by atoms with Crippen molar-refractivity contribution >= 4 is 96.5 Å². The van der Waals surface area contributed by atoms with Crippen molar-refractivity contribution in [2.45, 2.75) is 13.8 Å². The minimum Gasteiger partial charge on any atom is -0.491 e. The summed E-state index contributed by atoms with van der Waals surface area (Å²) in [5.74, 6) is -12.2. The average Bonchev–Trinajstić information content (AvgIpc) is 0.766. The SMILES string of the molecule is C=C=O.O.[C-]#[N+]C([N+]#[C-])=C(C#N)C#N.[C-]#[N+]C([N+]#[C-])=c1c(F)c(F)c(=C(C#N)C#N)c(F)c1F.[C-]#[N+]C([N+]#[C-])=c1cc(C)c(=C(C#N)C#N)cc1C.[C-]#[N+]C([N+]#[C-])=c1cc(F)c(=C(C#N)C#N)cc1F.[C-]#[N+]C([N+]#[C-])=c1ccc(=C(C#N)C#N)c(F)c1.[C-]#[N+]C([N+]#[C-])=c1ccc(=C(C#N)C#N)c(OCCO)c1.[C-]#[N+]C([N+]#[C-])=c1ccc(=C(C#N)C#N)cc1.[C-]#[N+]C([N+]#[C-])=c1ccc2cc(=C(C#N)C#N)ccc2c1. The zero-order chi connectivity index (χ0) is 108. The number of aryl methyl sites for hydroxylation is 2. The number of aliphatic hydroxyl groups is 1. The molecule has 0 aliphatic heterocycles. The van der Waals surface area contributed by atoms with Crippen LogP contribution in [0, 0.1) is 341 Å². The highest BCUT2D eigenvalue weighted by Gasteiger charge is 2.26. The first kappa shape index (κ1) is 119. The number of fused-ring (bicyclic) bond motifs is 1. The van der Waals surface area contributed by atoms with Crippen LogP contribution in [0.1, 0.15) is 11.1 Å². The van der Waals surface area contributed by atoms with Gasteiger partial charge in [-0.1, -0.05) is 78.9 Å². The maximum atomic E-state index is 13.6. The number of benzene rings is 8. The standard InChI is InChI=1S/C16H6N4.C14H8N4O2.C14H8N4.C12F4N4.C12H2F2N4.C12H3FN4.C12H4N4.C6N4.C2H2O.H2O/c1-19-16(20-2)14-6-5-11-7-13(15(9-17)10-18)4-3-12(11)8-14;1-17-14(18-2)10-3-4-12(11(8-15)9-16)13(7-10)20-6-5-19;1-9-6-13(14(17-3)18-4)10(2)5-12(9)11(7-15)8-16;1-19-12(20-2)7-10(15)8(13)6(5(3-17)4-18)9(14)11(7)16;1-17-12(18-2)9-4-10(13)8(3-11(9)14)7(5-15)6-16;1-16-12(17-2)8-3-4-10(11(13)5-8)9(6-14)7-15;1-15-12(16-2)10-5-3-9(4-6-10)11(7-13)8-14;1-9-6(10-2)5(3-7)4-8;1-2-3;/h3-8H;3-4,7,19H,5-6H2;5-6H,1-2H3;;3-4H;3-5H;3-6H;;1H2;1H2. The lowest BCUT2D eigenvalue weighted by molar-refractivity contribution is 0.200. The van der Waals surface area contributed by atoms with Gasteiger partial charge in [-0.15, -0.1) is 0 Å². The van der Waals surface area contributed by atoms with Crippen LogP contribution in [0.2, 0.25) is 0 Å². The lowest BCUT2D eigenvalue weighted by Gasteiger charge is -2.04. The first-order chi connectivity index (χ1) is 68.2. The van der Waals surface area contributed by atoms with Crippen molar-refractivity contribution in [3.05, 3.63) is 447 Å². The van der Waals surface area contributed by atoms with Gasteiger partial charge >= 0.3 is 46.6 Å². The third-order valence-electron chi connectivity index (χ3n) is 16.3. The normalized spacial score (nSPS) is 8.01. The van der Waals surface area contributed by atoms with Crippen LogP contribution in [0.4, 0.5) is 30.7 Å². The molecule has 668 valence electrons. The minimum atomic E-state index is -2.01. The number of ether oxygens (including phenoxy) is 1. The summed E-state index contributed by atoms with van der Waals surface area (Å²) < 4.78 is 101. The summed E-state index contributed by atoms with van der Waals surface area (Å²) in [7, 11) is 0. The first-order valence-corrected chi connectivity index (χ1v) is 36.0. The van der Waals surface area contributed by atoms with E-state index >= 15 is 0 Å². The molecule has 0 fully saturated rings. The Kier molecular flexibility index (Phi) is 52.8. The molecule has 8 aromatic rings. The van der Waals surface area contributed by atoms with Crippen molar-refractivity contribution in [3.8, 4) is 103 Å². The fourth-order valence-corrected chi connectivity index (χ4v) is 9.94. The number of hydrogen-bond acceptors (Lipinski definition) is 19. The second-order valence-electron chi connectivity index (χ2n) is 23.9. The molecule has 0 saturated carbocycles. The maximum absolute atomic E-state index is 13.6. The number of nitrogens with zero attached hydrogens (tertiary/aromatic N) is 32. The summed E-state index contributed by atoms with van der Waals surface area (Å²) in [5, 5.41) is 148. The van der Waals surface area contributed by atoms with E-state index in [0.717, 1.165) is 29.0 Å². The smallest absolute Gasteiger partial charge is 0.491 e. The molecule has 0 saturated heterocycles. The van der Waals surface area contributed by atoms with E-state index in [0.29, 0.717) is 59.8 Å². The number of carbonyl (C=O) groups excluding carboxylic acids is 1. The molecule has 0 bridgehead atoms. The van der Waals surface area contributed by atoms with Gasteiger partial charge in [0.1, 0.15) is 287 Å². The van der Waals surface area contributed by atoms with E-state index in [1.165, 1.54) is 60.6 Å². The van der Waals surface area contributed by atoms with Gasteiger partial charge in [0.15, 0.2) is 23.3 Å². The van der Waals surface area contributed by atoms with Gasteiger partial charge in [-0.25, -0.2) is 35.5 Å². The van der Waals surface area contributed by atoms with E-state index in [4.69, 9.17) is 204 Å². The lowest BCUT2D eigenvalue weighted by atomic mass is 10.0. The Bertz CT molecular complexity index is 8490. The predicted molar refractivity (Wildman–Crippen MR) is 484 cm³/mol. The second kappa shape index (κ2) is 63.3. The topological polar surface area (TPSA) is 528 Å². The highest BCUT2D eigenvalue weighted by molar-refractivity contribution is 5.86. The molecule has 143 heavy (non-hydrogen) atoms. The van der Waals surface area contributed by atoms with Gasteiger partial charge in [-0.3, -0.25) is 0 Å². The van der Waals surface area contributed by atoms with Crippen LogP contribution < -0.4 is 77.8 Å². The molecule has 0 radical (unpaired) electrons. The molecule has 3 N–H and O–H groups in total. The Morgan fingerprint density at radius 2 is 0.573 bits per heavy atom. The number of hydrogen-bond donors (Lipinski definition) is 1. The Labute approximate surface area is 804 Å². The van der Waals surface area contributed by atoms with Crippen molar-refractivity contribution in [2.24, 2.45) is 0 Å². The summed E-state index contributed by atoms with van der Waals surface area (Å²) in [6, 6.07) is 54.6. The molecule has 0 spiro atoms. The highest BCUT2D eigenvalue weighted by Crippen LogP contribution is 2.14. The van der Waals surface area contributed by atoms with E-state index in [-0.39, 0.29) is 97.1 Å². The summed E-state index contributed by atoms with van der Waals surface area (Å²) in [4.78, 5) is 55.2. The molecule has 0 heterocycles. The largest absolute Gasteiger partial charge is 0.548 e. The van der Waals surface area contributed by atoms with Crippen LogP contribution >= 0.6 is 0 Å². The van der Waals surface area contributed by atoms with Crippen LogP contribution in [0.5, 0.6) is 5.75 Å². The molecule has 36 nitrogen and oxygen atoms in total. The van der Waals surface area contributed by atoms with E-state index in [1.54, 1.807) is 123 Å². The fraction of sp³-hybridized carbons (Fsp3) is 0.0400. The maximum Gasteiger partial charge on any atom is 0.548 e. The van der Waals surface area contributed by atoms with E-state index < -0.39 is 95.8 Å². The van der Waals surface area contributed by atoms with Gasteiger partial charge in [-0.05, 0) is 84.8 Å². The number of aliphatic hydroxyl groups excluding tert-OH is 1. The Morgan fingerprint density at radius 1 is 0.294 bits per heavy atom. The fourth-order valence-electron chi connectivity index (χ4n) is 9.94. The first-order valence-electron chi connectivity index (χ1n) is 36.0. The zero-order valence-electron chi connectivity index (χ0n) is 71.9. The summed E-state index contributed by atoms with van der Waals surface area (Å²) in [5.41, 5.74) is -1.14. The van der Waals surface area contributed by atoms with Crippen LogP contribution in [-0.4, -0.2) is 29.7 Å². The van der Waals surface area contributed by atoms with Crippen molar-refractivity contribution in [3.63, 3.8) is 0 Å². The van der Waals surface area contributed by atoms with Gasteiger partial charge in [0, 0.05) is 31.3 Å². The van der Waals surface area contributed by atoms with Crippen LogP contribution in [0.25, 0.3) is 168 Å². The average molecular weight is 1880 g/mol. The van der Waals surface area contributed by atoms with Crippen LogP contribution in [-0.2, 0) is 4.79 Å². The Hall–Kier alpha value is -25.7. The monoisotopic (exact) mass is 1880 g/mol. The van der Waals surface area contributed by atoms with Crippen molar-refractivity contribution in [2.75, 3.05) is 13.2 Å². The molecule has 0 amide bonds. The minimum absolute atomic E-state index is 0. The third-order valence-corrected chi connectivity index (χ3v) is 16.3. The van der Waals surface area contributed by atoms with Crippen molar-refractivity contribution < 1.29 is 50.8 Å². The molecule has 0 aliphatic carbocycles. The molecule has 8 aromatic carbocycles. The Balaban J connectivity index is 0. The summed E-state index contributed by atoms with van der Waals surface area (Å²) >= 11 is 0. The lowest BCUT2D eigenvalue weighted by Crippen LogP contribution is -2.30. The zero-order valence-corrected chi connectivity index (χ0v) is 71.9. The van der Waals surface area contributed by atoms with Gasteiger partial charge in [-0.2, -0.15) is 162 Å². The van der Waals surface area contributed by atoms with Crippen LogP contribution in [0.15, 0.2) is 139 Å². The molecule has 43 heteroatoms. The number of allylic oxidation sites excluding steroid dienone is 1. The summed E-state index contributed by atoms with van der Waals surface area (Å²) in [6.45, 7) is 114.